The van der Waals surface area contributed by atoms with E-state index in [4.69, 9.17) is 4.74 Å². The Hall–Kier alpha value is -2.14. The quantitative estimate of drug-likeness (QED) is 0.799. The number of amides is 1. The van der Waals surface area contributed by atoms with E-state index in [0.29, 0.717) is 11.3 Å². The number of thiophene rings is 1. The van der Waals surface area contributed by atoms with Crippen LogP contribution < -0.4 is 10.1 Å². The zero-order chi connectivity index (χ0) is 15.9. The summed E-state index contributed by atoms with van der Waals surface area (Å²) in [6.45, 7) is 3.40. The fourth-order valence-electron chi connectivity index (χ4n) is 2.05. The van der Waals surface area contributed by atoms with Crippen LogP contribution in [0, 0.1) is 0 Å². The maximum absolute atomic E-state index is 11.9. The van der Waals surface area contributed by atoms with Gasteiger partial charge in [0.25, 0.3) is 5.91 Å². The van der Waals surface area contributed by atoms with E-state index in [1.54, 1.807) is 35.6 Å². The van der Waals surface area contributed by atoms with Crippen molar-refractivity contribution in [2.75, 3.05) is 6.61 Å². The number of Topliss-reactive ketones (excluding diaryl/α,β-unsaturated/α-hetero) is 1. The normalized spacial score (nSPS) is 11.7. The lowest BCUT2D eigenvalue weighted by Crippen LogP contribution is -2.37. The van der Waals surface area contributed by atoms with Gasteiger partial charge in [-0.2, -0.15) is 0 Å². The first kappa shape index (κ1) is 16.2. The molecule has 0 spiro atoms. The fourth-order valence-corrected chi connectivity index (χ4v) is 2.89. The third-order valence-corrected chi connectivity index (χ3v) is 4.00. The predicted octanol–water partition coefficient (Wildman–Crippen LogP) is 3.08. The molecule has 1 atom stereocenters. The molecule has 2 aromatic rings. The maximum atomic E-state index is 11.9. The van der Waals surface area contributed by atoms with E-state index in [2.05, 4.69) is 11.4 Å². The van der Waals surface area contributed by atoms with Crippen LogP contribution in [0.1, 0.15) is 29.1 Å². The second-order valence-corrected chi connectivity index (χ2v) is 6.16. The van der Waals surface area contributed by atoms with Crippen LogP contribution in [0.25, 0.3) is 0 Å². The first-order valence-electron chi connectivity index (χ1n) is 7.10. The molecule has 116 valence electrons. The van der Waals surface area contributed by atoms with Crippen molar-refractivity contribution in [1.82, 2.24) is 5.32 Å². The molecule has 1 aromatic heterocycles. The molecule has 1 amide bonds. The van der Waals surface area contributed by atoms with Crippen LogP contribution in [0.2, 0.25) is 0 Å². The van der Waals surface area contributed by atoms with Gasteiger partial charge in [-0.3, -0.25) is 9.59 Å². The molecule has 0 aliphatic carbocycles. The number of benzene rings is 1. The lowest BCUT2D eigenvalue weighted by Gasteiger charge is -2.13. The highest BCUT2D eigenvalue weighted by Gasteiger charge is 2.10. The minimum Gasteiger partial charge on any atom is -0.484 e. The first-order chi connectivity index (χ1) is 10.5. The fraction of sp³-hybridized carbons (Fsp3) is 0.294. The highest BCUT2D eigenvalue weighted by atomic mass is 32.1. The molecule has 2 rings (SSSR count). The van der Waals surface area contributed by atoms with Crippen molar-refractivity contribution >= 4 is 23.0 Å². The Balaban J connectivity index is 1.80. The molecule has 0 aliphatic rings. The molecule has 1 aromatic carbocycles. The molecular formula is C17H19NO3S. The van der Waals surface area contributed by atoms with Gasteiger partial charge in [-0.15, -0.1) is 11.3 Å². The molecule has 1 unspecified atom stereocenters. The van der Waals surface area contributed by atoms with Gasteiger partial charge in [0.15, 0.2) is 12.4 Å². The van der Waals surface area contributed by atoms with Crippen molar-refractivity contribution < 1.29 is 14.3 Å². The van der Waals surface area contributed by atoms with Crippen molar-refractivity contribution in [3.05, 3.63) is 52.2 Å². The number of hydrogen-bond acceptors (Lipinski definition) is 4. The molecule has 0 aliphatic heterocycles. The van der Waals surface area contributed by atoms with Crippen LogP contribution in [0.3, 0.4) is 0 Å². The Labute approximate surface area is 134 Å². The zero-order valence-electron chi connectivity index (χ0n) is 12.7. The van der Waals surface area contributed by atoms with Crippen molar-refractivity contribution in [3.8, 4) is 5.75 Å². The largest absolute Gasteiger partial charge is 0.484 e. The van der Waals surface area contributed by atoms with Crippen LogP contribution in [0.5, 0.6) is 5.75 Å². The second kappa shape index (κ2) is 7.75. The van der Waals surface area contributed by atoms with E-state index in [-0.39, 0.29) is 24.3 Å². The molecule has 4 nitrogen and oxygen atoms in total. The Morgan fingerprint density at radius 3 is 2.77 bits per heavy atom. The van der Waals surface area contributed by atoms with Crippen molar-refractivity contribution in [3.63, 3.8) is 0 Å². The summed E-state index contributed by atoms with van der Waals surface area (Å²) in [5.74, 6) is 0.325. The Morgan fingerprint density at radius 1 is 1.27 bits per heavy atom. The molecule has 1 heterocycles. The third kappa shape index (κ3) is 5.00. The highest BCUT2D eigenvalue weighted by Crippen LogP contribution is 2.14. The van der Waals surface area contributed by atoms with Gasteiger partial charge in [0.2, 0.25) is 0 Å². The third-order valence-electron chi connectivity index (χ3n) is 3.11. The molecule has 5 heteroatoms. The summed E-state index contributed by atoms with van der Waals surface area (Å²) in [5, 5.41) is 4.92. The molecular weight excluding hydrogens is 298 g/mol. The number of rotatable bonds is 7. The predicted molar refractivity (Wildman–Crippen MR) is 87.6 cm³/mol. The lowest BCUT2D eigenvalue weighted by atomic mass is 10.1. The molecule has 1 N–H and O–H groups in total. The van der Waals surface area contributed by atoms with Gasteiger partial charge in [0.1, 0.15) is 5.75 Å². The van der Waals surface area contributed by atoms with E-state index in [0.717, 1.165) is 6.42 Å². The molecule has 22 heavy (non-hydrogen) atoms. The molecule has 0 saturated carbocycles. The highest BCUT2D eigenvalue weighted by molar-refractivity contribution is 7.09. The number of carbonyl (C=O) groups is 2. The van der Waals surface area contributed by atoms with E-state index >= 15 is 0 Å². The average Bonchev–Trinajstić information content (AvgIpc) is 2.98. The van der Waals surface area contributed by atoms with Crippen molar-refractivity contribution in [1.29, 1.82) is 0 Å². The second-order valence-electron chi connectivity index (χ2n) is 5.12. The average molecular weight is 317 g/mol. The zero-order valence-corrected chi connectivity index (χ0v) is 13.5. The first-order valence-corrected chi connectivity index (χ1v) is 7.98. The summed E-state index contributed by atoms with van der Waals surface area (Å²) >= 11 is 1.68. The minimum atomic E-state index is -0.169. The Kier molecular flexibility index (Phi) is 5.72. The Morgan fingerprint density at radius 2 is 2.09 bits per heavy atom. The van der Waals surface area contributed by atoms with Crippen LogP contribution >= 0.6 is 11.3 Å². The number of ether oxygens (including phenoxy) is 1. The van der Waals surface area contributed by atoms with Crippen LogP contribution in [-0.4, -0.2) is 24.3 Å². The Bertz CT molecular complexity index is 637. The van der Waals surface area contributed by atoms with Gasteiger partial charge in [-0.1, -0.05) is 18.2 Å². The van der Waals surface area contributed by atoms with E-state index in [1.807, 2.05) is 18.4 Å². The number of nitrogens with one attached hydrogen (secondary N) is 1. The van der Waals surface area contributed by atoms with Crippen LogP contribution in [-0.2, 0) is 11.2 Å². The van der Waals surface area contributed by atoms with Crippen LogP contribution in [0.15, 0.2) is 41.8 Å². The SMILES string of the molecule is CC(=O)c1cccc(OCC(=O)NC(C)Cc2cccs2)c1. The summed E-state index contributed by atoms with van der Waals surface area (Å²) in [5.41, 5.74) is 0.573. The van der Waals surface area contributed by atoms with Crippen molar-refractivity contribution in [2.45, 2.75) is 26.3 Å². The summed E-state index contributed by atoms with van der Waals surface area (Å²) in [6, 6.07) is 10.9. The summed E-state index contributed by atoms with van der Waals surface area (Å²) in [7, 11) is 0. The monoisotopic (exact) mass is 317 g/mol. The maximum Gasteiger partial charge on any atom is 0.258 e. The van der Waals surface area contributed by atoms with E-state index in [1.165, 1.54) is 11.8 Å². The van der Waals surface area contributed by atoms with E-state index in [9.17, 15) is 9.59 Å². The van der Waals surface area contributed by atoms with Gasteiger partial charge in [0.05, 0.1) is 0 Å². The number of ketones is 1. The lowest BCUT2D eigenvalue weighted by molar-refractivity contribution is -0.123. The molecule has 0 saturated heterocycles. The van der Waals surface area contributed by atoms with Gasteiger partial charge in [-0.25, -0.2) is 0 Å². The summed E-state index contributed by atoms with van der Waals surface area (Å²) < 4.78 is 5.43. The van der Waals surface area contributed by atoms with Gasteiger partial charge < -0.3 is 10.1 Å². The number of hydrogen-bond donors (Lipinski definition) is 1. The smallest absolute Gasteiger partial charge is 0.258 e. The molecule has 0 fully saturated rings. The summed E-state index contributed by atoms with van der Waals surface area (Å²) in [6.07, 6.45) is 0.809. The van der Waals surface area contributed by atoms with Crippen molar-refractivity contribution in [2.24, 2.45) is 0 Å². The van der Waals surface area contributed by atoms with E-state index < -0.39 is 0 Å². The molecule has 0 radical (unpaired) electrons. The van der Waals surface area contributed by atoms with Crippen LogP contribution in [0.4, 0.5) is 0 Å². The summed E-state index contributed by atoms with van der Waals surface area (Å²) in [4.78, 5) is 24.4. The molecule has 0 bridgehead atoms. The minimum absolute atomic E-state index is 0.0283. The standard InChI is InChI=1S/C17H19NO3S/c1-12(9-16-7-4-8-22-16)18-17(20)11-21-15-6-3-5-14(10-15)13(2)19/h3-8,10,12H,9,11H2,1-2H3,(H,18,20). The van der Waals surface area contributed by atoms with Gasteiger partial charge >= 0.3 is 0 Å². The number of carbonyl (C=O) groups excluding carboxylic acids is 2. The topological polar surface area (TPSA) is 55.4 Å². The van der Waals surface area contributed by atoms with Gasteiger partial charge in [-0.05, 0) is 37.4 Å². The van der Waals surface area contributed by atoms with Gasteiger partial charge in [0, 0.05) is 22.9 Å².